The van der Waals surface area contributed by atoms with Crippen LogP contribution in [0, 0.1) is 6.92 Å². The lowest BCUT2D eigenvalue weighted by atomic mass is 10.1. The lowest BCUT2D eigenvalue weighted by molar-refractivity contribution is 0.0992. The normalized spacial score (nSPS) is 10.2. The quantitative estimate of drug-likeness (QED) is 0.863. The number of carbonyl (C=O) groups is 1. The van der Waals surface area contributed by atoms with Crippen molar-refractivity contribution < 1.29 is 9.53 Å². The number of carbonyl (C=O) groups excluding carboxylic acids is 1. The van der Waals surface area contributed by atoms with E-state index in [-0.39, 0.29) is 5.91 Å². The van der Waals surface area contributed by atoms with E-state index < -0.39 is 0 Å². The Hall–Kier alpha value is -1.88. The van der Waals surface area contributed by atoms with E-state index >= 15 is 0 Å². The van der Waals surface area contributed by atoms with E-state index in [2.05, 4.69) is 20.9 Å². The highest BCUT2D eigenvalue weighted by Gasteiger charge is 2.15. The Morgan fingerprint density at radius 1 is 1.30 bits per heavy atom. The zero-order valence-corrected chi connectivity index (χ0v) is 13.1. The third-order valence-corrected chi connectivity index (χ3v) is 3.49. The van der Waals surface area contributed by atoms with E-state index in [4.69, 9.17) is 4.74 Å². The fourth-order valence-corrected chi connectivity index (χ4v) is 2.21. The maximum Gasteiger partial charge on any atom is 0.259 e. The van der Waals surface area contributed by atoms with Gasteiger partial charge < -0.3 is 4.74 Å². The van der Waals surface area contributed by atoms with Crippen molar-refractivity contribution in [2.24, 2.45) is 0 Å². The van der Waals surface area contributed by atoms with E-state index in [9.17, 15) is 4.79 Å². The number of benzene rings is 1. The molecule has 4 nitrogen and oxygen atoms in total. The van der Waals surface area contributed by atoms with Gasteiger partial charge in [0.2, 0.25) is 0 Å². The number of rotatable bonds is 3. The van der Waals surface area contributed by atoms with Crippen LogP contribution >= 0.6 is 15.9 Å². The summed E-state index contributed by atoms with van der Waals surface area (Å²) in [6.07, 6.45) is 1.66. The number of aryl methyl sites for hydroxylation is 1. The van der Waals surface area contributed by atoms with Crippen molar-refractivity contribution in [2.45, 2.75) is 6.92 Å². The number of halogens is 1. The maximum absolute atomic E-state index is 12.4. The fourth-order valence-electron chi connectivity index (χ4n) is 1.89. The first-order chi connectivity index (χ1) is 9.52. The summed E-state index contributed by atoms with van der Waals surface area (Å²) in [5.74, 6) is 1.25. The van der Waals surface area contributed by atoms with Gasteiger partial charge in [0.05, 0.1) is 7.11 Å². The Labute approximate surface area is 126 Å². The van der Waals surface area contributed by atoms with E-state index in [1.165, 1.54) is 4.90 Å². The van der Waals surface area contributed by atoms with Gasteiger partial charge in [-0.2, -0.15) is 0 Å². The zero-order chi connectivity index (χ0) is 14.7. The average molecular weight is 335 g/mol. The van der Waals surface area contributed by atoms with Gasteiger partial charge in [0, 0.05) is 23.3 Å². The minimum absolute atomic E-state index is 0.110. The first-order valence-corrected chi connectivity index (χ1v) is 6.86. The summed E-state index contributed by atoms with van der Waals surface area (Å²) in [4.78, 5) is 18.2. The molecule has 0 aliphatic heterocycles. The number of anilines is 1. The SMILES string of the molecule is COc1ccc(C(=O)N(C)c2cc(Br)ccn2)cc1C. The molecule has 104 valence electrons. The molecule has 0 aliphatic carbocycles. The molecule has 0 fully saturated rings. The number of nitrogens with zero attached hydrogens (tertiary/aromatic N) is 2. The molecule has 0 aliphatic rings. The van der Waals surface area contributed by atoms with Crippen molar-refractivity contribution in [3.05, 3.63) is 52.1 Å². The Morgan fingerprint density at radius 3 is 2.65 bits per heavy atom. The van der Waals surface area contributed by atoms with Crippen molar-refractivity contribution in [3.8, 4) is 5.75 Å². The molecule has 0 saturated carbocycles. The lowest BCUT2D eigenvalue weighted by Crippen LogP contribution is -2.27. The van der Waals surface area contributed by atoms with Gasteiger partial charge in [-0.05, 0) is 42.8 Å². The van der Waals surface area contributed by atoms with E-state index in [1.807, 2.05) is 19.1 Å². The highest BCUT2D eigenvalue weighted by molar-refractivity contribution is 9.10. The second-order valence-corrected chi connectivity index (χ2v) is 5.30. The van der Waals surface area contributed by atoms with Crippen LogP contribution in [-0.2, 0) is 0 Å². The van der Waals surface area contributed by atoms with Gasteiger partial charge in [0.1, 0.15) is 11.6 Å². The third-order valence-electron chi connectivity index (χ3n) is 3.00. The van der Waals surface area contributed by atoms with Crippen LogP contribution in [0.1, 0.15) is 15.9 Å². The molecule has 1 aromatic heterocycles. The van der Waals surface area contributed by atoms with Gasteiger partial charge in [-0.25, -0.2) is 4.98 Å². The largest absolute Gasteiger partial charge is 0.496 e. The monoisotopic (exact) mass is 334 g/mol. The second kappa shape index (κ2) is 6.05. The highest BCUT2D eigenvalue weighted by atomic mass is 79.9. The smallest absolute Gasteiger partial charge is 0.259 e. The van der Waals surface area contributed by atoms with Crippen LogP contribution in [0.15, 0.2) is 41.0 Å². The zero-order valence-electron chi connectivity index (χ0n) is 11.6. The summed E-state index contributed by atoms with van der Waals surface area (Å²) in [6, 6.07) is 8.98. The minimum atomic E-state index is -0.110. The molecule has 1 heterocycles. The molecule has 1 aromatic carbocycles. The summed E-state index contributed by atoms with van der Waals surface area (Å²) in [6.45, 7) is 1.91. The molecule has 0 radical (unpaired) electrons. The topological polar surface area (TPSA) is 42.4 Å². The first-order valence-electron chi connectivity index (χ1n) is 6.07. The molecule has 0 saturated heterocycles. The molecular formula is C15H15BrN2O2. The van der Waals surface area contributed by atoms with Crippen LogP contribution in [0.2, 0.25) is 0 Å². The van der Waals surface area contributed by atoms with Gasteiger partial charge in [0.25, 0.3) is 5.91 Å². The molecule has 0 bridgehead atoms. The Kier molecular flexibility index (Phi) is 4.39. The van der Waals surface area contributed by atoms with Gasteiger partial charge in [0.15, 0.2) is 0 Å². The Bertz CT molecular complexity index is 644. The average Bonchev–Trinajstić information content (AvgIpc) is 2.45. The van der Waals surface area contributed by atoms with Gasteiger partial charge >= 0.3 is 0 Å². The van der Waals surface area contributed by atoms with Gasteiger partial charge in [-0.3, -0.25) is 9.69 Å². The van der Waals surface area contributed by atoms with E-state index in [0.29, 0.717) is 11.4 Å². The second-order valence-electron chi connectivity index (χ2n) is 4.38. The fraction of sp³-hybridized carbons (Fsp3) is 0.200. The standard InChI is InChI=1S/C15H15BrN2O2/c1-10-8-11(4-5-13(10)20-3)15(19)18(2)14-9-12(16)6-7-17-14/h4-9H,1-3H3. The van der Waals surface area contributed by atoms with Crippen LogP contribution in [0.4, 0.5) is 5.82 Å². The molecule has 2 aromatic rings. The van der Waals surface area contributed by atoms with Crippen LogP contribution in [0.3, 0.4) is 0 Å². The molecule has 2 rings (SSSR count). The van der Waals surface area contributed by atoms with Crippen LogP contribution in [-0.4, -0.2) is 25.0 Å². The molecule has 0 unspecified atom stereocenters. The van der Waals surface area contributed by atoms with Gasteiger partial charge in [-0.15, -0.1) is 0 Å². The van der Waals surface area contributed by atoms with Crippen molar-refractivity contribution in [1.29, 1.82) is 0 Å². The number of hydrogen-bond acceptors (Lipinski definition) is 3. The van der Waals surface area contributed by atoms with E-state index in [0.717, 1.165) is 15.8 Å². The number of hydrogen-bond donors (Lipinski definition) is 0. The summed E-state index contributed by atoms with van der Waals surface area (Å²) in [5, 5.41) is 0. The van der Waals surface area contributed by atoms with Crippen molar-refractivity contribution in [1.82, 2.24) is 4.98 Å². The van der Waals surface area contributed by atoms with Gasteiger partial charge in [-0.1, -0.05) is 15.9 Å². The van der Waals surface area contributed by atoms with Crippen LogP contribution in [0.25, 0.3) is 0 Å². The molecule has 0 spiro atoms. The predicted octanol–water partition coefficient (Wildman–Crippen LogP) is 3.44. The number of ether oxygens (including phenoxy) is 1. The maximum atomic E-state index is 12.4. The molecule has 20 heavy (non-hydrogen) atoms. The summed E-state index contributed by atoms with van der Waals surface area (Å²) in [5.41, 5.74) is 1.53. The highest BCUT2D eigenvalue weighted by Crippen LogP contribution is 2.21. The van der Waals surface area contributed by atoms with Crippen molar-refractivity contribution in [3.63, 3.8) is 0 Å². The molecule has 0 N–H and O–H groups in total. The first kappa shape index (κ1) is 14.5. The third kappa shape index (κ3) is 2.99. The predicted molar refractivity (Wildman–Crippen MR) is 82.4 cm³/mol. The molecule has 1 amide bonds. The Morgan fingerprint density at radius 2 is 2.05 bits per heavy atom. The number of methoxy groups -OCH3 is 1. The molecular weight excluding hydrogens is 320 g/mol. The van der Waals surface area contributed by atoms with Crippen LogP contribution in [0.5, 0.6) is 5.75 Å². The van der Waals surface area contributed by atoms with Crippen molar-refractivity contribution in [2.75, 3.05) is 19.1 Å². The minimum Gasteiger partial charge on any atom is -0.496 e. The number of pyridine rings is 1. The lowest BCUT2D eigenvalue weighted by Gasteiger charge is -2.17. The summed E-state index contributed by atoms with van der Waals surface area (Å²) in [7, 11) is 3.32. The Balaban J connectivity index is 2.29. The summed E-state index contributed by atoms with van der Waals surface area (Å²) >= 11 is 3.37. The summed E-state index contributed by atoms with van der Waals surface area (Å²) < 4.78 is 6.08. The number of aromatic nitrogens is 1. The molecule has 0 atom stereocenters. The molecule has 5 heteroatoms. The van der Waals surface area contributed by atoms with E-state index in [1.54, 1.807) is 38.6 Å². The van der Waals surface area contributed by atoms with Crippen molar-refractivity contribution >= 4 is 27.7 Å². The number of amides is 1. The van der Waals surface area contributed by atoms with Crippen LogP contribution < -0.4 is 9.64 Å².